The number of rotatable bonds is 39. The highest BCUT2D eigenvalue weighted by Crippen LogP contribution is 2.14. The number of hydrogen-bond donors (Lipinski definition) is 0. The van der Waals surface area contributed by atoms with Crippen LogP contribution in [0.3, 0.4) is 0 Å². The monoisotopic (exact) mass is 743 g/mol. The number of carbonyl (C=O) groups is 3. The minimum atomic E-state index is -0.784. The van der Waals surface area contributed by atoms with Crippen molar-refractivity contribution in [1.29, 1.82) is 0 Å². The van der Waals surface area contributed by atoms with Crippen LogP contribution in [-0.2, 0) is 28.6 Å². The molecule has 0 aromatic rings. The van der Waals surface area contributed by atoms with Gasteiger partial charge in [-0.15, -0.1) is 0 Å². The van der Waals surface area contributed by atoms with Gasteiger partial charge in [0.25, 0.3) is 0 Å². The van der Waals surface area contributed by atoms with E-state index in [0.717, 1.165) is 89.9 Å². The Morgan fingerprint density at radius 3 is 1.32 bits per heavy atom. The van der Waals surface area contributed by atoms with Gasteiger partial charge in [-0.3, -0.25) is 14.4 Å². The first-order valence-corrected chi connectivity index (χ1v) is 22.2. The fourth-order valence-corrected chi connectivity index (χ4v) is 5.98. The number of carbonyl (C=O) groups excluding carboxylic acids is 3. The standard InChI is InChI=1S/C47H82O6/c1-4-7-10-13-16-19-22-23-24-26-28-31-34-37-40-46(49)52-43-44(42-51-45(48)39-36-33-30-27-21-18-15-12-9-6-3)53-47(50)41-38-35-32-29-25-20-17-14-11-8-5-2/h7,10,14,16-17,19-20,25,44H,4-6,8-9,11-13,15,18,21-24,26-43H2,1-3H3/b10-7-,17-14-,19-16-,25-20-. The third-order valence-corrected chi connectivity index (χ3v) is 9.35. The van der Waals surface area contributed by atoms with Crippen LogP contribution in [0.4, 0.5) is 0 Å². The topological polar surface area (TPSA) is 78.9 Å². The Hall–Kier alpha value is -2.63. The molecule has 0 aliphatic rings. The van der Waals surface area contributed by atoms with E-state index in [4.69, 9.17) is 14.2 Å². The molecule has 53 heavy (non-hydrogen) atoms. The second-order valence-corrected chi connectivity index (χ2v) is 14.6. The van der Waals surface area contributed by atoms with E-state index >= 15 is 0 Å². The average molecular weight is 743 g/mol. The maximum absolute atomic E-state index is 12.7. The molecule has 306 valence electrons. The lowest BCUT2D eigenvalue weighted by Gasteiger charge is -2.18. The smallest absolute Gasteiger partial charge is 0.306 e. The zero-order chi connectivity index (χ0) is 38.7. The molecule has 0 aliphatic heterocycles. The molecule has 0 N–H and O–H groups in total. The van der Waals surface area contributed by atoms with E-state index < -0.39 is 6.10 Å². The molecule has 0 rings (SSSR count). The summed E-state index contributed by atoms with van der Waals surface area (Å²) in [7, 11) is 0. The summed E-state index contributed by atoms with van der Waals surface area (Å²) in [6, 6.07) is 0. The zero-order valence-corrected chi connectivity index (χ0v) is 34.8. The van der Waals surface area contributed by atoms with Crippen LogP contribution in [-0.4, -0.2) is 37.2 Å². The summed E-state index contributed by atoms with van der Waals surface area (Å²) in [5, 5.41) is 0. The van der Waals surface area contributed by atoms with Crippen molar-refractivity contribution in [1.82, 2.24) is 0 Å². The summed E-state index contributed by atoms with van der Waals surface area (Å²) in [5.74, 6) is -0.926. The van der Waals surface area contributed by atoms with Crippen LogP contribution in [0.15, 0.2) is 48.6 Å². The van der Waals surface area contributed by atoms with E-state index in [1.54, 1.807) is 0 Å². The minimum absolute atomic E-state index is 0.0854. The lowest BCUT2D eigenvalue weighted by atomic mass is 10.1. The Kier molecular flexibility index (Phi) is 40.0. The Morgan fingerprint density at radius 1 is 0.415 bits per heavy atom. The van der Waals surface area contributed by atoms with Crippen molar-refractivity contribution in [3.8, 4) is 0 Å². The van der Waals surface area contributed by atoms with Crippen LogP contribution < -0.4 is 0 Å². The van der Waals surface area contributed by atoms with Crippen molar-refractivity contribution < 1.29 is 28.6 Å². The molecule has 0 heterocycles. The fourth-order valence-electron chi connectivity index (χ4n) is 5.98. The van der Waals surface area contributed by atoms with Gasteiger partial charge in [-0.1, -0.05) is 179 Å². The molecule has 0 bridgehead atoms. The maximum Gasteiger partial charge on any atom is 0.306 e. The van der Waals surface area contributed by atoms with Gasteiger partial charge in [0.2, 0.25) is 0 Å². The first kappa shape index (κ1) is 50.4. The number of allylic oxidation sites excluding steroid dienone is 8. The van der Waals surface area contributed by atoms with Crippen molar-refractivity contribution in [3.05, 3.63) is 48.6 Å². The van der Waals surface area contributed by atoms with Gasteiger partial charge in [-0.2, -0.15) is 0 Å². The van der Waals surface area contributed by atoms with E-state index in [0.29, 0.717) is 19.3 Å². The van der Waals surface area contributed by atoms with Crippen molar-refractivity contribution in [3.63, 3.8) is 0 Å². The van der Waals surface area contributed by atoms with Gasteiger partial charge in [-0.05, 0) is 64.2 Å². The minimum Gasteiger partial charge on any atom is -0.462 e. The van der Waals surface area contributed by atoms with Gasteiger partial charge in [-0.25, -0.2) is 0 Å². The Labute approximate surface area is 327 Å². The van der Waals surface area contributed by atoms with E-state index in [1.807, 2.05) is 0 Å². The molecule has 0 aromatic heterocycles. The largest absolute Gasteiger partial charge is 0.462 e. The van der Waals surface area contributed by atoms with Gasteiger partial charge >= 0.3 is 17.9 Å². The summed E-state index contributed by atoms with van der Waals surface area (Å²) >= 11 is 0. The molecule has 0 radical (unpaired) electrons. The Bertz CT molecular complexity index is 949. The third kappa shape index (κ3) is 40.4. The average Bonchev–Trinajstić information content (AvgIpc) is 3.15. The highest BCUT2D eigenvalue weighted by atomic mass is 16.6. The van der Waals surface area contributed by atoms with Crippen LogP contribution in [0.25, 0.3) is 0 Å². The quantitative estimate of drug-likeness (QED) is 0.0205. The van der Waals surface area contributed by atoms with Crippen LogP contribution in [0.2, 0.25) is 0 Å². The van der Waals surface area contributed by atoms with E-state index in [1.165, 1.54) is 83.5 Å². The molecule has 1 atom stereocenters. The Balaban J connectivity index is 4.40. The number of esters is 3. The first-order chi connectivity index (χ1) is 26.0. The maximum atomic E-state index is 12.7. The van der Waals surface area contributed by atoms with Gasteiger partial charge < -0.3 is 14.2 Å². The van der Waals surface area contributed by atoms with Gasteiger partial charge in [0.1, 0.15) is 13.2 Å². The Morgan fingerprint density at radius 2 is 0.811 bits per heavy atom. The molecular formula is C47H82O6. The summed E-state index contributed by atoms with van der Waals surface area (Å²) in [4.78, 5) is 37.6. The molecule has 0 spiro atoms. The molecule has 6 heteroatoms. The van der Waals surface area contributed by atoms with Crippen LogP contribution >= 0.6 is 0 Å². The first-order valence-electron chi connectivity index (χ1n) is 22.2. The lowest BCUT2D eigenvalue weighted by molar-refractivity contribution is -0.167. The molecule has 1 unspecified atom stereocenters. The van der Waals surface area contributed by atoms with Crippen molar-refractivity contribution in [2.75, 3.05) is 13.2 Å². The summed E-state index contributed by atoms with van der Waals surface area (Å²) in [5.41, 5.74) is 0. The predicted octanol–water partition coefficient (Wildman–Crippen LogP) is 14.0. The van der Waals surface area contributed by atoms with E-state index in [2.05, 4.69) is 69.4 Å². The van der Waals surface area contributed by atoms with Gasteiger partial charge in [0.15, 0.2) is 6.10 Å². The summed E-state index contributed by atoms with van der Waals surface area (Å²) in [6.45, 7) is 6.42. The van der Waals surface area contributed by atoms with Crippen molar-refractivity contribution in [2.24, 2.45) is 0 Å². The lowest BCUT2D eigenvalue weighted by Crippen LogP contribution is -2.30. The molecule has 0 aliphatic carbocycles. The normalized spacial score (nSPS) is 12.4. The number of unbranched alkanes of at least 4 members (excludes halogenated alkanes) is 21. The van der Waals surface area contributed by atoms with Crippen molar-refractivity contribution >= 4 is 17.9 Å². The molecule has 6 nitrogen and oxygen atoms in total. The van der Waals surface area contributed by atoms with E-state index in [-0.39, 0.29) is 31.1 Å². The summed E-state index contributed by atoms with van der Waals surface area (Å²) < 4.78 is 16.6. The fraction of sp³-hybridized carbons (Fsp3) is 0.766. The highest BCUT2D eigenvalue weighted by molar-refractivity contribution is 5.71. The summed E-state index contributed by atoms with van der Waals surface area (Å²) in [6.07, 6.45) is 48.1. The molecular weight excluding hydrogens is 661 g/mol. The third-order valence-electron chi connectivity index (χ3n) is 9.35. The second-order valence-electron chi connectivity index (χ2n) is 14.6. The zero-order valence-electron chi connectivity index (χ0n) is 34.8. The highest BCUT2D eigenvalue weighted by Gasteiger charge is 2.19. The van der Waals surface area contributed by atoms with Gasteiger partial charge in [0, 0.05) is 19.3 Å². The SMILES string of the molecule is CC/C=C\C/C=C\CCCCCCCCCC(=O)OCC(COC(=O)CCCCCCCCCCCC)OC(=O)CCCCC/C=C\C=C/CCCC. The van der Waals surface area contributed by atoms with Crippen LogP contribution in [0, 0.1) is 0 Å². The van der Waals surface area contributed by atoms with Crippen LogP contribution in [0.1, 0.15) is 213 Å². The molecule has 0 saturated heterocycles. The second kappa shape index (κ2) is 42.1. The number of hydrogen-bond acceptors (Lipinski definition) is 6. The van der Waals surface area contributed by atoms with E-state index in [9.17, 15) is 14.4 Å². The molecule has 0 fully saturated rings. The molecule has 0 amide bonds. The van der Waals surface area contributed by atoms with Crippen molar-refractivity contribution in [2.45, 2.75) is 219 Å². The van der Waals surface area contributed by atoms with Crippen LogP contribution in [0.5, 0.6) is 0 Å². The molecule has 0 aromatic carbocycles. The molecule has 0 saturated carbocycles. The van der Waals surface area contributed by atoms with Gasteiger partial charge in [0.05, 0.1) is 0 Å². The predicted molar refractivity (Wildman–Crippen MR) is 224 cm³/mol. The number of ether oxygens (including phenoxy) is 3.